The molecule has 0 N–H and O–H groups in total. The number of fused-ring (bicyclic) bond motifs is 1. The van der Waals surface area contributed by atoms with Crippen LogP contribution in [-0.4, -0.2) is 9.55 Å². The molecule has 0 aliphatic heterocycles. The van der Waals surface area contributed by atoms with Crippen molar-refractivity contribution in [3.8, 4) is 6.07 Å². The van der Waals surface area contributed by atoms with E-state index < -0.39 is 0 Å². The number of nitrogens with zero attached hydrogens (tertiary/aromatic N) is 3. The van der Waals surface area contributed by atoms with Gasteiger partial charge in [0, 0.05) is 6.04 Å². The van der Waals surface area contributed by atoms with Crippen LogP contribution >= 0.6 is 11.6 Å². The summed E-state index contributed by atoms with van der Waals surface area (Å²) < 4.78 is 2.27. The number of benzene rings is 1. The summed E-state index contributed by atoms with van der Waals surface area (Å²) in [6.07, 6.45) is 4.86. The highest BCUT2D eigenvalue weighted by atomic mass is 35.5. The number of imidazole rings is 1. The minimum Gasteiger partial charge on any atom is -0.324 e. The molecular weight excluding hydrogens is 270 g/mol. The molecule has 0 radical (unpaired) electrons. The van der Waals surface area contributed by atoms with E-state index in [0.717, 1.165) is 22.8 Å². The van der Waals surface area contributed by atoms with Crippen LogP contribution in [0.2, 0.25) is 0 Å². The second-order valence-electron chi connectivity index (χ2n) is 5.73. The Labute approximate surface area is 124 Å². The third-order valence-electron chi connectivity index (χ3n) is 4.38. The van der Waals surface area contributed by atoms with E-state index in [1.807, 2.05) is 12.1 Å². The number of aromatic nitrogens is 2. The van der Waals surface area contributed by atoms with Crippen molar-refractivity contribution in [1.82, 2.24) is 9.55 Å². The number of alkyl halides is 1. The molecule has 1 saturated carbocycles. The zero-order valence-electron chi connectivity index (χ0n) is 11.6. The second-order valence-corrected chi connectivity index (χ2v) is 6.00. The van der Waals surface area contributed by atoms with Gasteiger partial charge in [0.1, 0.15) is 17.4 Å². The van der Waals surface area contributed by atoms with Crippen molar-refractivity contribution in [2.45, 2.75) is 44.5 Å². The maximum atomic E-state index is 9.22. The first-order chi connectivity index (χ1) is 9.74. The van der Waals surface area contributed by atoms with Gasteiger partial charge in [-0.25, -0.2) is 4.98 Å². The Kier molecular flexibility index (Phi) is 3.67. The van der Waals surface area contributed by atoms with E-state index in [2.05, 4.69) is 28.6 Å². The summed E-state index contributed by atoms with van der Waals surface area (Å²) in [5, 5.41) is 9.22. The Bertz CT molecular complexity index is 660. The molecule has 4 heteroatoms. The molecule has 3 rings (SSSR count). The molecule has 1 aliphatic rings. The lowest BCUT2D eigenvalue weighted by molar-refractivity contribution is 0.290. The van der Waals surface area contributed by atoms with Gasteiger partial charge >= 0.3 is 0 Å². The number of rotatable bonds is 2. The first-order valence-corrected chi connectivity index (χ1v) is 7.74. The fraction of sp³-hybridized carbons (Fsp3) is 0.500. The van der Waals surface area contributed by atoms with Gasteiger partial charge in [-0.05, 0) is 43.7 Å². The lowest BCUT2D eigenvalue weighted by Crippen LogP contribution is -2.18. The van der Waals surface area contributed by atoms with Crippen LogP contribution in [0.5, 0.6) is 0 Å². The van der Waals surface area contributed by atoms with Crippen LogP contribution in [0.25, 0.3) is 11.0 Å². The number of hydrogen-bond donors (Lipinski definition) is 0. The zero-order chi connectivity index (χ0) is 14.1. The van der Waals surface area contributed by atoms with Crippen molar-refractivity contribution in [2.75, 3.05) is 0 Å². The fourth-order valence-corrected chi connectivity index (χ4v) is 3.45. The highest BCUT2D eigenvalue weighted by molar-refractivity contribution is 6.16. The van der Waals surface area contributed by atoms with Gasteiger partial charge in [-0.15, -0.1) is 11.6 Å². The summed E-state index contributed by atoms with van der Waals surface area (Å²) >= 11 is 6.08. The van der Waals surface area contributed by atoms with Crippen LogP contribution in [0.4, 0.5) is 0 Å². The summed E-state index contributed by atoms with van der Waals surface area (Å²) in [5.74, 6) is 2.10. The Morgan fingerprint density at radius 1 is 1.35 bits per heavy atom. The van der Waals surface area contributed by atoms with Gasteiger partial charge in [0.25, 0.3) is 0 Å². The van der Waals surface area contributed by atoms with Crippen LogP contribution in [0.1, 0.15) is 50.0 Å². The van der Waals surface area contributed by atoms with Gasteiger partial charge in [-0.3, -0.25) is 0 Å². The smallest absolute Gasteiger partial charge is 0.125 e. The number of halogens is 1. The lowest BCUT2D eigenvalue weighted by Gasteiger charge is -2.28. The molecule has 0 bridgehead atoms. The predicted octanol–water partition coefficient (Wildman–Crippen LogP) is 4.40. The van der Waals surface area contributed by atoms with Crippen molar-refractivity contribution in [1.29, 1.82) is 5.26 Å². The Morgan fingerprint density at radius 2 is 2.10 bits per heavy atom. The molecule has 2 aromatic rings. The predicted molar refractivity (Wildman–Crippen MR) is 80.7 cm³/mol. The maximum absolute atomic E-state index is 9.22. The van der Waals surface area contributed by atoms with E-state index in [9.17, 15) is 5.26 Å². The van der Waals surface area contributed by atoms with E-state index in [0.29, 0.717) is 17.5 Å². The van der Waals surface area contributed by atoms with Crippen LogP contribution in [0, 0.1) is 17.2 Å². The van der Waals surface area contributed by atoms with E-state index in [4.69, 9.17) is 11.6 Å². The summed E-state index contributed by atoms with van der Waals surface area (Å²) in [4.78, 5) is 4.60. The minimum absolute atomic E-state index is 0.394. The van der Waals surface area contributed by atoms with Crippen molar-refractivity contribution >= 4 is 22.6 Å². The molecule has 0 amide bonds. The molecule has 0 atom stereocenters. The van der Waals surface area contributed by atoms with Crippen molar-refractivity contribution in [3.05, 3.63) is 29.6 Å². The van der Waals surface area contributed by atoms with E-state index in [-0.39, 0.29) is 0 Å². The molecule has 0 saturated heterocycles. The number of hydrogen-bond acceptors (Lipinski definition) is 2. The standard InChI is InChI=1S/C16H18ClN3/c1-11-5-7-13(8-6-11)20-14-4-2-3-12(10-18)16(14)19-15(20)9-17/h2-4,11,13H,5-9H2,1H3. The molecule has 1 aromatic carbocycles. The zero-order valence-corrected chi connectivity index (χ0v) is 12.4. The van der Waals surface area contributed by atoms with Crippen LogP contribution < -0.4 is 0 Å². The van der Waals surface area contributed by atoms with Gasteiger partial charge in [-0.2, -0.15) is 5.26 Å². The SMILES string of the molecule is CC1CCC(n2c(CCl)nc3c(C#N)cccc32)CC1. The Morgan fingerprint density at radius 3 is 2.75 bits per heavy atom. The van der Waals surface area contributed by atoms with E-state index in [1.54, 1.807) is 0 Å². The maximum Gasteiger partial charge on any atom is 0.125 e. The first kappa shape index (κ1) is 13.5. The third-order valence-corrected chi connectivity index (χ3v) is 4.62. The minimum atomic E-state index is 0.394. The van der Waals surface area contributed by atoms with Gasteiger partial charge in [-0.1, -0.05) is 13.0 Å². The molecule has 0 unspecified atom stereocenters. The van der Waals surface area contributed by atoms with E-state index in [1.165, 1.54) is 25.7 Å². The summed E-state index contributed by atoms with van der Waals surface area (Å²) in [6.45, 7) is 2.32. The van der Waals surface area contributed by atoms with Crippen LogP contribution in [0.3, 0.4) is 0 Å². The summed E-state index contributed by atoms with van der Waals surface area (Å²) in [5.41, 5.74) is 2.49. The van der Waals surface area contributed by atoms with E-state index >= 15 is 0 Å². The van der Waals surface area contributed by atoms with Crippen molar-refractivity contribution in [2.24, 2.45) is 5.92 Å². The number of para-hydroxylation sites is 1. The Hall–Kier alpha value is -1.53. The fourth-order valence-electron chi connectivity index (χ4n) is 3.26. The average Bonchev–Trinajstić information content (AvgIpc) is 2.86. The third kappa shape index (κ3) is 2.19. The molecule has 1 heterocycles. The molecule has 1 aromatic heterocycles. The molecule has 104 valence electrons. The topological polar surface area (TPSA) is 41.6 Å². The quantitative estimate of drug-likeness (QED) is 0.768. The summed E-state index contributed by atoms with van der Waals surface area (Å²) in [6, 6.07) is 8.50. The lowest BCUT2D eigenvalue weighted by atomic mass is 9.87. The molecular formula is C16H18ClN3. The monoisotopic (exact) mass is 287 g/mol. The Balaban J connectivity index is 2.12. The average molecular weight is 288 g/mol. The summed E-state index contributed by atoms with van der Waals surface area (Å²) in [7, 11) is 0. The highest BCUT2D eigenvalue weighted by Gasteiger charge is 2.24. The van der Waals surface area contributed by atoms with Crippen molar-refractivity contribution < 1.29 is 0 Å². The van der Waals surface area contributed by atoms with Gasteiger partial charge in [0.15, 0.2) is 0 Å². The van der Waals surface area contributed by atoms with Crippen molar-refractivity contribution in [3.63, 3.8) is 0 Å². The highest BCUT2D eigenvalue weighted by Crippen LogP contribution is 2.35. The molecule has 1 aliphatic carbocycles. The normalized spacial score (nSPS) is 22.9. The molecule has 3 nitrogen and oxygen atoms in total. The number of nitriles is 1. The molecule has 1 fully saturated rings. The van der Waals surface area contributed by atoms with Crippen LogP contribution in [0.15, 0.2) is 18.2 Å². The first-order valence-electron chi connectivity index (χ1n) is 7.20. The van der Waals surface area contributed by atoms with Crippen LogP contribution in [-0.2, 0) is 5.88 Å². The molecule has 0 spiro atoms. The van der Waals surface area contributed by atoms with Gasteiger partial charge in [0.05, 0.1) is 17.0 Å². The second kappa shape index (κ2) is 5.46. The van der Waals surface area contributed by atoms with Gasteiger partial charge < -0.3 is 4.57 Å². The molecule has 20 heavy (non-hydrogen) atoms. The largest absolute Gasteiger partial charge is 0.324 e. The van der Waals surface area contributed by atoms with Gasteiger partial charge in [0.2, 0.25) is 0 Å².